The fourth-order valence-corrected chi connectivity index (χ4v) is 2.47. The maximum absolute atomic E-state index is 11.3. The van der Waals surface area contributed by atoms with Crippen LogP contribution in [0.4, 0.5) is 0 Å². The first-order valence-electron chi connectivity index (χ1n) is 6.91. The first-order valence-corrected chi connectivity index (χ1v) is 6.91. The Hall–Kier alpha value is -2.56. The molecule has 0 aliphatic rings. The van der Waals surface area contributed by atoms with Gasteiger partial charge in [0, 0.05) is 29.3 Å². The molecule has 2 aromatic heterocycles. The molecule has 2 heterocycles. The number of rotatable bonds is 4. The van der Waals surface area contributed by atoms with Gasteiger partial charge in [-0.1, -0.05) is 18.2 Å². The van der Waals surface area contributed by atoms with Crippen LogP contribution in [0.1, 0.15) is 35.9 Å². The van der Waals surface area contributed by atoms with Crippen molar-refractivity contribution >= 4 is 16.9 Å². The predicted octanol–water partition coefficient (Wildman–Crippen LogP) is 3.17. The molecule has 0 atom stereocenters. The summed E-state index contributed by atoms with van der Waals surface area (Å²) in [5, 5.41) is 14.6. The third-order valence-electron chi connectivity index (χ3n) is 3.54. The number of hydrogen-bond acceptors (Lipinski definition) is 2. The molecule has 0 saturated heterocycles. The molecule has 1 N–H and O–H groups in total. The summed E-state index contributed by atoms with van der Waals surface area (Å²) in [5.74, 6) is -0.905. The van der Waals surface area contributed by atoms with Crippen LogP contribution >= 0.6 is 0 Å². The molecule has 0 spiro atoms. The largest absolute Gasteiger partial charge is 0.478 e. The number of benzene rings is 1. The highest BCUT2D eigenvalue weighted by Gasteiger charge is 2.14. The number of fused-ring (bicyclic) bond motifs is 1. The van der Waals surface area contributed by atoms with Crippen LogP contribution in [0, 0.1) is 0 Å². The molecule has 3 aromatic rings. The number of aromatic nitrogens is 3. The molecule has 0 unspecified atom stereocenters. The van der Waals surface area contributed by atoms with Crippen molar-refractivity contribution in [3.8, 4) is 0 Å². The maximum Gasteiger partial charge on any atom is 0.337 e. The van der Waals surface area contributed by atoms with Crippen LogP contribution in [0.2, 0.25) is 0 Å². The van der Waals surface area contributed by atoms with Crippen molar-refractivity contribution in [2.75, 3.05) is 0 Å². The molecule has 5 heteroatoms. The van der Waals surface area contributed by atoms with Gasteiger partial charge in [0.1, 0.15) is 0 Å². The third-order valence-corrected chi connectivity index (χ3v) is 3.54. The highest BCUT2D eigenvalue weighted by atomic mass is 16.4. The van der Waals surface area contributed by atoms with Gasteiger partial charge in [0.15, 0.2) is 0 Å². The Labute approximate surface area is 122 Å². The van der Waals surface area contributed by atoms with E-state index in [1.807, 2.05) is 45.8 Å². The van der Waals surface area contributed by atoms with E-state index in [2.05, 4.69) is 18.9 Å². The number of carbonyl (C=O) groups is 1. The summed E-state index contributed by atoms with van der Waals surface area (Å²) < 4.78 is 3.84. The summed E-state index contributed by atoms with van der Waals surface area (Å²) in [6.07, 6.45) is 3.63. The van der Waals surface area contributed by atoms with E-state index in [4.69, 9.17) is 0 Å². The molecule has 0 fully saturated rings. The van der Waals surface area contributed by atoms with Gasteiger partial charge in [-0.2, -0.15) is 5.10 Å². The fraction of sp³-hybridized carbons (Fsp3) is 0.250. The van der Waals surface area contributed by atoms with Crippen molar-refractivity contribution in [2.24, 2.45) is 0 Å². The van der Waals surface area contributed by atoms with Gasteiger partial charge in [0.25, 0.3) is 0 Å². The van der Waals surface area contributed by atoms with Crippen molar-refractivity contribution in [3.63, 3.8) is 0 Å². The molecule has 0 saturated carbocycles. The number of carboxylic acid groups (broad SMARTS) is 1. The Morgan fingerprint density at radius 3 is 2.71 bits per heavy atom. The van der Waals surface area contributed by atoms with Crippen molar-refractivity contribution in [1.29, 1.82) is 0 Å². The minimum Gasteiger partial charge on any atom is -0.478 e. The second-order valence-electron chi connectivity index (χ2n) is 5.37. The zero-order valence-corrected chi connectivity index (χ0v) is 12.0. The standard InChI is InChI=1S/C16H17N3O2/c1-11(2)19-8-7-12(17-19)9-18-10-14(16(20)21)13-5-3-4-6-15(13)18/h3-8,10-11H,9H2,1-2H3,(H,20,21). The topological polar surface area (TPSA) is 60.0 Å². The average Bonchev–Trinajstić information content (AvgIpc) is 3.05. The molecular weight excluding hydrogens is 266 g/mol. The number of nitrogens with zero attached hydrogens (tertiary/aromatic N) is 3. The SMILES string of the molecule is CC(C)n1ccc(Cn2cc(C(=O)O)c3ccccc32)n1. The summed E-state index contributed by atoms with van der Waals surface area (Å²) in [7, 11) is 0. The van der Waals surface area contributed by atoms with Crippen molar-refractivity contribution in [2.45, 2.75) is 26.4 Å². The zero-order chi connectivity index (χ0) is 15.0. The molecule has 0 aliphatic heterocycles. The van der Waals surface area contributed by atoms with Crippen molar-refractivity contribution < 1.29 is 9.90 Å². The van der Waals surface area contributed by atoms with Crippen molar-refractivity contribution in [3.05, 3.63) is 54.0 Å². The first kappa shape index (κ1) is 13.4. The lowest BCUT2D eigenvalue weighted by Crippen LogP contribution is -2.04. The normalized spacial score (nSPS) is 11.4. The predicted molar refractivity (Wildman–Crippen MR) is 80.6 cm³/mol. The maximum atomic E-state index is 11.3. The van der Waals surface area contributed by atoms with Crippen LogP contribution in [0.5, 0.6) is 0 Å². The van der Waals surface area contributed by atoms with Crippen molar-refractivity contribution in [1.82, 2.24) is 14.3 Å². The van der Waals surface area contributed by atoms with Crippen LogP contribution in [0.3, 0.4) is 0 Å². The molecule has 0 radical (unpaired) electrons. The van der Waals surface area contributed by atoms with Gasteiger partial charge in [0.05, 0.1) is 17.8 Å². The summed E-state index contributed by atoms with van der Waals surface area (Å²) in [4.78, 5) is 11.3. The van der Waals surface area contributed by atoms with Gasteiger partial charge in [-0.05, 0) is 26.0 Å². The number of hydrogen-bond donors (Lipinski definition) is 1. The monoisotopic (exact) mass is 283 g/mol. The van der Waals surface area contributed by atoms with Crippen LogP contribution in [0.15, 0.2) is 42.7 Å². The number of aromatic carboxylic acids is 1. The lowest BCUT2D eigenvalue weighted by Gasteiger charge is -2.05. The molecular formula is C16H17N3O2. The molecule has 5 nitrogen and oxygen atoms in total. The highest BCUT2D eigenvalue weighted by Crippen LogP contribution is 2.22. The van der Waals surface area contributed by atoms with Crippen LogP contribution in [-0.4, -0.2) is 25.4 Å². The van der Waals surface area contributed by atoms with E-state index in [9.17, 15) is 9.90 Å². The van der Waals surface area contributed by atoms with E-state index in [0.717, 1.165) is 16.6 Å². The second-order valence-corrected chi connectivity index (χ2v) is 5.37. The average molecular weight is 283 g/mol. The third kappa shape index (κ3) is 2.42. The van der Waals surface area contributed by atoms with Gasteiger partial charge < -0.3 is 9.67 Å². The Kier molecular flexibility index (Phi) is 3.25. The minimum absolute atomic E-state index is 0.315. The summed E-state index contributed by atoms with van der Waals surface area (Å²) >= 11 is 0. The molecule has 0 bridgehead atoms. The summed E-state index contributed by atoms with van der Waals surface area (Å²) in [6.45, 7) is 4.71. The smallest absolute Gasteiger partial charge is 0.337 e. The Morgan fingerprint density at radius 2 is 2.05 bits per heavy atom. The van der Waals surface area contributed by atoms with Gasteiger partial charge in [-0.25, -0.2) is 4.79 Å². The van der Waals surface area contributed by atoms with E-state index in [1.165, 1.54) is 0 Å². The van der Waals surface area contributed by atoms with Gasteiger partial charge >= 0.3 is 5.97 Å². The zero-order valence-electron chi connectivity index (χ0n) is 12.0. The number of para-hydroxylation sites is 1. The molecule has 0 amide bonds. The summed E-state index contributed by atoms with van der Waals surface area (Å²) in [6, 6.07) is 9.82. The molecule has 3 rings (SSSR count). The van der Waals surface area contributed by atoms with Gasteiger partial charge in [-0.3, -0.25) is 4.68 Å². The van der Waals surface area contributed by atoms with Crippen LogP contribution in [0.25, 0.3) is 10.9 Å². The molecule has 0 aliphatic carbocycles. The number of carboxylic acids is 1. The first-order chi connectivity index (χ1) is 10.1. The Morgan fingerprint density at radius 1 is 1.29 bits per heavy atom. The Balaban J connectivity index is 2.02. The Bertz CT molecular complexity index is 799. The van der Waals surface area contributed by atoms with E-state index in [1.54, 1.807) is 6.20 Å². The highest BCUT2D eigenvalue weighted by molar-refractivity contribution is 6.03. The van der Waals surface area contributed by atoms with Crippen LogP contribution < -0.4 is 0 Å². The van der Waals surface area contributed by atoms with E-state index >= 15 is 0 Å². The quantitative estimate of drug-likeness (QED) is 0.800. The summed E-state index contributed by atoms with van der Waals surface area (Å²) in [5.41, 5.74) is 2.16. The van der Waals surface area contributed by atoms with E-state index in [0.29, 0.717) is 18.2 Å². The van der Waals surface area contributed by atoms with E-state index in [-0.39, 0.29) is 0 Å². The lowest BCUT2D eigenvalue weighted by atomic mass is 10.2. The van der Waals surface area contributed by atoms with Crippen LogP contribution in [-0.2, 0) is 6.54 Å². The van der Waals surface area contributed by atoms with E-state index < -0.39 is 5.97 Å². The fourth-order valence-electron chi connectivity index (χ4n) is 2.47. The molecule has 21 heavy (non-hydrogen) atoms. The molecule has 1 aromatic carbocycles. The van der Waals surface area contributed by atoms with Gasteiger partial charge in [0.2, 0.25) is 0 Å². The minimum atomic E-state index is -0.905. The molecule has 108 valence electrons. The second kappa shape index (κ2) is 5.09. The van der Waals surface area contributed by atoms with Gasteiger partial charge in [-0.15, -0.1) is 0 Å². The lowest BCUT2D eigenvalue weighted by molar-refractivity contribution is 0.0699.